The Hall–Kier alpha value is -3.38. The maximum atomic E-state index is 5.16. The second-order valence-corrected chi connectivity index (χ2v) is 13.4. The molecule has 0 amide bonds. The van der Waals surface area contributed by atoms with E-state index in [1.54, 1.807) is 0 Å². The van der Waals surface area contributed by atoms with Crippen molar-refractivity contribution in [3.63, 3.8) is 0 Å². The summed E-state index contributed by atoms with van der Waals surface area (Å²) in [4.78, 5) is 20.6. The fourth-order valence-electron chi connectivity index (χ4n) is 6.68. The summed E-state index contributed by atoms with van der Waals surface area (Å²) in [5.74, 6) is 0. The van der Waals surface area contributed by atoms with E-state index in [1.807, 2.05) is 0 Å². The minimum Gasteiger partial charge on any atom is -0.656 e. The molecule has 5 aromatic rings. The first kappa shape index (κ1) is 31.6. The van der Waals surface area contributed by atoms with Crippen LogP contribution in [0.4, 0.5) is 0 Å². The van der Waals surface area contributed by atoms with Crippen LogP contribution in [0.3, 0.4) is 0 Å². The number of hydrogen-bond acceptors (Lipinski definition) is 2. The Bertz CT molecular complexity index is 2120. The number of fused-ring (bicyclic) bond motifs is 8. The first-order valence-corrected chi connectivity index (χ1v) is 16.2. The van der Waals surface area contributed by atoms with E-state index >= 15 is 0 Å². The molecule has 0 N–H and O–H groups in total. The summed E-state index contributed by atoms with van der Waals surface area (Å²) in [6, 6.07) is 17.2. The SMILES string of the molecule is Cc1cc(C)c(-c2c3nc(c(Br)c4ccc([n-]4)c(-c4c(C)cc(C)cc4C)c4ccc([n-]4)c(Br)c4nc2C=C4)C=C3)c(C)c1.[Zn+2]. The van der Waals surface area contributed by atoms with Crippen LogP contribution in [0.15, 0.2) is 57.5 Å². The molecule has 0 aliphatic carbocycles. The number of hydrogen-bond donors (Lipinski definition) is 0. The van der Waals surface area contributed by atoms with E-state index in [1.165, 1.54) is 33.4 Å². The van der Waals surface area contributed by atoms with Crippen LogP contribution in [0.2, 0.25) is 0 Å². The van der Waals surface area contributed by atoms with Gasteiger partial charge in [0.05, 0.1) is 22.8 Å². The van der Waals surface area contributed by atoms with Crippen molar-refractivity contribution >= 4 is 78.2 Å². The van der Waals surface area contributed by atoms with Crippen molar-refractivity contribution in [3.05, 3.63) is 114 Å². The predicted molar refractivity (Wildman–Crippen MR) is 191 cm³/mol. The summed E-state index contributed by atoms with van der Waals surface area (Å²) >= 11 is 7.73. The molecule has 0 saturated carbocycles. The number of nitrogens with zero attached hydrogens (tertiary/aromatic N) is 4. The van der Waals surface area contributed by atoms with Crippen molar-refractivity contribution in [3.8, 4) is 22.3 Å². The minimum atomic E-state index is 0. The van der Waals surface area contributed by atoms with Crippen LogP contribution < -0.4 is 9.97 Å². The standard InChI is InChI=1S/C38H30Br2N4.Zn/c1-19-15-21(3)33(22(4)16-19)35-25-7-11-29(41-25)37(39)31-13-9-27(43-31)36(34-23(5)17-20(2)18-24(34)6)28-10-14-32(44-28)38(40)30-12-8-26(35)42-30;/h7-18H,1-6H3;/q-2;+2. The maximum absolute atomic E-state index is 5.16. The zero-order chi connectivity index (χ0) is 30.9. The predicted octanol–water partition coefficient (Wildman–Crippen LogP) is 10.6. The molecule has 8 bridgehead atoms. The van der Waals surface area contributed by atoms with Gasteiger partial charge in [-0.15, -0.1) is 22.1 Å². The summed E-state index contributed by atoms with van der Waals surface area (Å²) in [5.41, 5.74) is 18.4. The van der Waals surface area contributed by atoms with Crippen LogP contribution in [0.5, 0.6) is 0 Å². The van der Waals surface area contributed by atoms with Crippen molar-refractivity contribution in [2.45, 2.75) is 41.5 Å². The van der Waals surface area contributed by atoms with Crippen molar-refractivity contribution in [1.82, 2.24) is 19.9 Å². The number of benzene rings is 2. The average Bonchev–Trinajstić information content (AvgIpc) is 3.78. The normalized spacial score (nSPS) is 12.1. The summed E-state index contributed by atoms with van der Waals surface area (Å²) < 4.78 is 1.69. The Kier molecular flexibility index (Phi) is 8.49. The van der Waals surface area contributed by atoms with Crippen LogP contribution in [0, 0.1) is 41.5 Å². The van der Waals surface area contributed by atoms with E-state index in [0.29, 0.717) is 0 Å². The van der Waals surface area contributed by atoms with Gasteiger partial charge in [-0.2, -0.15) is 0 Å². The fourth-order valence-corrected chi connectivity index (χ4v) is 7.56. The minimum absolute atomic E-state index is 0. The Morgan fingerprint density at radius 2 is 0.778 bits per heavy atom. The maximum Gasteiger partial charge on any atom is 2.00 e. The van der Waals surface area contributed by atoms with Gasteiger partial charge in [0, 0.05) is 14.5 Å². The summed E-state index contributed by atoms with van der Waals surface area (Å²) in [7, 11) is 0. The topological polar surface area (TPSA) is 54.0 Å². The molecule has 0 spiro atoms. The monoisotopic (exact) mass is 764 g/mol. The van der Waals surface area contributed by atoms with Gasteiger partial charge >= 0.3 is 19.5 Å². The number of aromatic nitrogens is 4. The largest absolute Gasteiger partial charge is 2.00 e. The first-order valence-electron chi connectivity index (χ1n) is 14.6. The first-order chi connectivity index (χ1) is 21.1. The molecule has 2 aliphatic rings. The van der Waals surface area contributed by atoms with E-state index in [4.69, 9.17) is 19.9 Å². The van der Waals surface area contributed by atoms with Crippen molar-refractivity contribution in [1.29, 1.82) is 0 Å². The Morgan fingerprint density at radius 3 is 1.18 bits per heavy atom. The van der Waals surface area contributed by atoms with Crippen LogP contribution in [0.1, 0.15) is 56.2 Å². The van der Waals surface area contributed by atoms with Crippen LogP contribution in [-0.2, 0) is 19.5 Å². The molecule has 0 unspecified atom stereocenters. The zero-order valence-corrected chi connectivity index (χ0v) is 32.3. The molecule has 0 saturated heterocycles. The molecule has 0 radical (unpaired) electrons. The van der Waals surface area contributed by atoms with E-state index in [-0.39, 0.29) is 19.5 Å². The third kappa shape index (κ3) is 5.54. The number of aryl methyl sites for hydroxylation is 6. The second kappa shape index (κ2) is 12.1. The molecule has 2 aliphatic heterocycles. The molecule has 2 aromatic carbocycles. The molecular formula is C38H30Br2N4Zn. The molecule has 0 fully saturated rings. The summed E-state index contributed by atoms with van der Waals surface area (Å²) in [6.45, 7) is 12.9. The molecular weight excluding hydrogens is 738 g/mol. The van der Waals surface area contributed by atoms with Gasteiger partial charge in [0.15, 0.2) is 0 Å². The molecule has 5 heterocycles. The molecule has 0 atom stereocenters. The van der Waals surface area contributed by atoms with Gasteiger partial charge in [-0.1, -0.05) is 59.7 Å². The molecule has 218 valence electrons. The van der Waals surface area contributed by atoms with Crippen LogP contribution >= 0.6 is 31.9 Å². The molecule has 4 nitrogen and oxygen atoms in total. The second-order valence-electron chi connectivity index (χ2n) is 11.8. The van der Waals surface area contributed by atoms with E-state index in [9.17, 15) is 0 Å². The van der Waals surface area contributed by atoms with Gasteiger partial charge in [0.25, 0.3) is 0 Å². The molecule has 7 rings (SSSR count). The zero-order valence-electron chi connectivity index (χ0n) is 26.2. The smallest absolute Gasteiger partial charge is 0.656 e. The van der Waals surface area contributed by atoms with Crippen LogP contribution in [0.25, 0.3) is 68.6 Å². The molecule has 3 aromatic heterocycles. The van der Waals surface area contributed by atoms with Gasteiger partial charge < -0.3 is 9.97 Å². The van der Waals surface area contributed by atoms with E-state index in [0.717, 1.165) is 76.0 Å². The molecule has 45 heavy (non-hydrogen) atoms. The van der Waals surface area contributed by atoms with Crippen molar-refractivity contribution in [2.24, 2.45) is 0 Å². The van der Waals surface area contributed by atoms with Crippen LogP contribution in [-0.4, -0.2) is 9.97 Å². The average molecular weight is 768 g/mol. The summed E-state index contributed by atoms with van der Waals surface area (Å²) in [5, 5.41) is 0. The fraction of sp³-hybridized carbons (Fsp3) is 0.158. The quantitative estimate of drug-likeness (QED) is 0.164. The Balaban J connectivity index is 0.00000357. The van der Waals surface area contributed by atoms with Gasteiger partial charge in [-0.3, -0.25) is 0 Å². The van der Waals surface area contributed by atoms with Gasteiger partial charge in [0.1, 0.15) is 0 Å². The Morgan fingerprint density at radius 1 is 0.444 bits per heavy atom. The number of rotatable bonds is 2. The number of halogens is 2. The third-order valence-corrected chi connectivity index (χ3v) is 9.96. The summed E-state index contributed by atoms with van der Waals surface area (Å²) in [6.07, 6.45) is 8.28. The van der Waals surface area contributed by atoms with E-state index < -0.39 is 0 Å². The van der Waals surface area contributed by atoms with Crippen molar-refractivity contribution in [2.75, 3.05) is 0 Å². The molecule has 7 heteroatoms. The van der Waals surface area contributed by atoms with Crippen molar-refractivity contribution < 1.29 is 19.5 Å². The van der Waals surface area contributed by atoms with Gasteiger partial charge in [-0.25, -0.2) is 9.97 Å². The van der Waals surface area contributed by atoms with Gasteiger partial charge in [-0.05, 0) is 137 Å². The Labute approximate surface area is 293 Å². The van der Waals surface area contributed by atoms with Gasteiger partial charge in [0.2, 0.25) is 0 Å². The third-order valence-electron chi connectivity index (χ3n) is 8.34. The van der Waals surface area contributed by atoms with E-state index in [2.05, 4.69) is 146 Å².